The first-order chi connectivity index (χ1) is 13.4. The molecule has 158 valence electrons. The van der Waals surface area contributed by atoms with E-state index in [0.29, 0.717) is 52.5 Å². The van der Waals surface area contributed by atoms with Crippen LogP contribution >= 0.6 is 0 Å². The van der Waals surface area contributed by atoms with Crippen molar-refractivity contribution in [2.45, 2.75) is 57.8 Å². The van der Waals surface area contributed by atoms with E-state index in [1.54, 1.807) is 0 Å². The average molecular weight is 411 g/mol. The summed E-state index contributed by atoms with van der Waals surface area (Å²) < 4.78 is 27.4. The van der Waals surface area contributed by atoms with Crippen LogP contribution in [0.3, 0.4) is 0 Å². The highest BCUT2D eigenvalue weighted by Gasteiger charge is 2.15. The van der Waals surface area contributed by atoms with Crippen LogP contribution in [0, 0.1) is 0 Å². The summed E-state index contributed by atoms with van der Waals surface area (Å²) in [7, 11) is -1.15. The molecule has 6 nitrogen and oxygen atoms in total. The number of hydrogen-bond acceptors (Lipinski definition) is 6. The molecule has 0 atom stereocenters. The van der Waals surface area contributed by atoms with Crippen LogP contribution in [-0.4, -0.2) is 53.4 Å². The van der Waals surface area contributed by atoms with Crippen molar-refractivity contribution in [1.29, 1.82) is 0 Å². The second kappa shape index (κ2) is 12.2. The Morgan fingerprint density at radius 3 is 2.46 bits per heavy atom. The normalized spacial score (nSPS) is 15.0. The van der Waals surface area contributed by atoms with Gasteiger partial charge in [0, 0.05) is 20.9 Å². The summed E-state index contributed by atoms with van der Waals surface area (Å²) in [6.07, 6.45) is 1.68. The van der Waals surface area contributed by atoms with Gasteiger partial charge in [-0.2, -0.15) is 0 Å². The lowest BCUT2D eigenvalue weighted by Crippen LogP contribution is -2.22. The van der Waals surface area contributed by atoms with E-state index in [2.05, 4.69) is 19.6 Å². The average Bonchev–Trinajstić information content (AvgIpc) is 3.16. The SMILES string of the molecule is C[Si](C)(C)CCOC(=O)CCCOc1ccc(COCCC2OCCO2)cc1. The Bertz CT molecular complexity index is 563. The van der Waals surface area contributed by atoms with E-state index in [0.717, 1.165) is 23.8 Å². The molecule has 1 aliphatic rings. The third kappa shape index (κ3) is 10.2. The van der Waals surface area contributed by atoms with Crippen LogP contribution in [0.15, 0.2) is 24.3 Å². The molecule has 7 heteroatoms. The van der Waals surface area contributed by atoms with Crippen LogP contribution in [0.25, 0.3) is 0 Å². The molecule has 0 aromatic heterocycles. The molecule has 1 fully saturated rings. The predicted octanol–water partition coefficient (Wildman–Crippen LogP) is 4.01. The Hall–Kier alpha value is -1.41. The van der Waals surface area contributed by atoms with Crippen LogP contribution in [0.4, 0.5) is 0 Å². The lowest BCUT2D eigenvalue weighted by Gasteiger charge is -2.15. The summed E-state index contributed by atoms with van der Waals surface area (Å²) in [6, 6.07) is 8.83. The molecule has 0 N–H and O–H groups in total. The van der Waals surface area contributed by atoms with Crippen molar-refractivity contribution in [3.05, 3.63) is 29.8 Å². The van der Waals surface area contributed by atoms with E-state index in [4.69, 9.17) is 23.7 Å². The first-order valence-corrected chi connectivity index (χ1v) is 13.8. The Balaban J connectivity index is 1.51. The Morgan fingerprint density at radius 1 is 1.07 bits per heavy atom. The first kappa shape index (κ1) is 22.9. The smallest absolute Gasteiger partial charge is 0.305 e. The number of hydrogen-bond donors (Lipinski definition) is 0. The minimum atomic E-state index is -1.15. The maximum atomic E-state index is 11.7. The Morgan fingerprint density at radius 2 is 1.79 bits per heavy atom. The maximum absolute atomic E-state index is 11.7. The second-order valence-corrected chi connectivity index (χ2v) is 13.8. The molecule has 28 heavy (non-hydrogen) atoms. The summed E-state index contributed by atoms with van der Waals surface area (Å²) in [5, 5.41) is 0. The first-order valence-electron chi connectivity index (χ1n) is 10.1. The van der Waals surface area contributed by atoms with Crippen molar-refractivity contribution in [3.63, 3.8) is 0 Å². The fourth-order valence-corrected chi connectivity index (χ4v) is 3.29. The molecule has 0 unspecified atom stereocenters. The molecular weight excluding hydrogens is 376 g/mol. The van der Waals surface area contributed by atoms with E-state index < -0.39 is 8.07 Å². The molecule has 0 spiro atoms. The van der Waals surface area contributed by atoms with Crippen molar-refractivity contribution in [2.75, 3.05) is 33.0 Å². The van der Waals surface area contributed by atoms with Gasteiger partial charge in [0.05, 0.1) is 39.6 Å². The van der Waals surface area contributed by atoms with Crippen molar-refractivity contribution in [2.24, 2.45) is 0 Å². The molecular formula is C21H34O6Si. The van der Waals surface area contributed by atoms with Gasteiger partial charge in [0.2, 0.25) is 0 Å². The van der Waals surface area contributed by atoms with Gasteiger partial charge < -0.3 is 23.7 Å². The molecule has 0 radical (unpaired) electrons. The third-order valence-corrected chi connectivity index (χ3v) is 5.99. The third-order valence-electron chi connectivity index (χ3n) is 4.29. The molecule has 0 amide bonds. The summed E-state index contributed by atoms with van der Waals surface area (Å²) >= 11 is 0. The molecule has 1 aromatic carbocycles. The van der Waals surface area contributed by atoms with E-state index in [1.807, 2.05) is 24.3 Å². The van der Waals surface area contributed by atoms with Crippen LogP contribution in [0.2, 0.25) is 25.7 Å². The van der Waals surface area contributed by atoms with Crippen LogP contribution in [0.1, 0.15) is 24.8 Å². The van der Waals surface area contributed by atoms with Crippen molar-refractivity contribution < 1.29 is 28.5 Å². The maximum Gasteiger partial charge on any atom is 0.305 e. The highest BCUT2D eigenvalue weighted by Crippen LogP contribution is 2.14. The van der Waals surface area contributed by atoms with Gasteiger partial charge in [-0.1, -0.05) is 31.8 Å². The number of esters is 1. The van der Waals surface area contributed by atoms with E-state index in [1.165, 1.54) is 0 Å². The topological polar surface area (TPSA) is 63.2 Å². The fourth-order valence-electron chi connectivity index (χ4n) is 2.58. The van der Waals surface area contributed by atoms with Gasteiger partial charge in [0.15, 0.2) is 6.29 Å². The van der Waals surface area contributed by atoms with E-state index in [9.17, 15) is 4.79 Å². The van der Waals surface area contributed by atoms with Crippen molar-refractivity contribution in [1.82, 2.24) is 0 Å². The second-order valence-electron chi connectivity index (χ2n) is 8.14. The van der Waals surface area contributed by atoms with Crippen molar-refractivity contribution in [3.8, 4) is 5.75 Å². The van der Waals surface area contributed by atoms with Gasteiger partial charge >= 0.3 is 5.97 Å². The van der Waals surface area contributed by atoms with Crippen molar-refractivity contribution >= 4 is 14.0 Å². The molecule has 0 bridgehead atoms. The van der Waals surface area contributed by atoms with E-state index in [-0.39, 0.29) is 12.3 Å². The Labute approximate surface area is 169 Å². The summed E-state index contributed by atoms with van der Waals surface area (Å²) in [4.78, 5) is 11.7. The molecule has 0 aliphatic carbocycles. The Kier molecular flexibility index (Phi) is 9.98. The largest absolute Gasteiger partial charge is 0.494 e. The van der Waals surface area contributed by atoms with Gasteiger partial charge in [-0.05, 0) is 30.2 Å². The summed E-state index contributed by atoms with van der Waals surface area (Å²) in [6.45, 7) is 10.4. The fraction of sp³-hybridized carbons (Fsp3) is 0.667. The minimum absolute atomic E-state index is 0.117. The molecule has 1 aliphatic heterocycles. The summed E-state index contributed by atoms with van der Waals surface area (Å²) in [5.41, 5.74) is 1.09. The quantitative estimate of drug-likeness (QED) is 0.278. The van der Waals surface area contributed by atoms with Crippen LogP contribution < -0.4 is 4.74 Å². The number of carbonyl (C=O) groups is 1. The summed E-state index contributed by atoms with van der Waals surface area (Å²) in [5.74, 6) is 0.659. The van der Waals surface area contributed by atoms with Crippen LogP contribution in [-0.2, 0) is 30.3 Å². The van der Waals surface area contributed by atoms with Gasteiger partial charge in [0.1, 0.15) is 5.75 Å². The van der Waals surface area contributed by atoms with Crippen LogP contribution in [0.5, 0.6) is 5.75 Å². The van der Waals surface area contributed by atoms with Gasteiger partial charge in [0.25, 0.3) is 0 Å². The standard InChI is InChI=1S/C21H34O6Si/c1-28(2,3)16-15-25-20(22)5-4-11-24-19-8-6-18(7-9-19)17-23-12-10-21-26-13-14-27-21/h6-9,21H,4-5,10-17H2,1-3H3. The molecule has 1 heterocycles. The lowest BCUT2D eigenvalue weighted by atomic mass is 10.2. The highest BCUT2D eigenvalue weighted by atomic mass is 28.3. The zero-order valence-corrected chi connectivity index (χ0v) is 18.4. The van der Waals surface area contributed by atoms with Gasteiger partial charge in [-0.15, -0.1) is 0 Å². The molecule has 2 rings (SSSR count). The number of ether oxygens (including phenoxy) is 5. The number of rotatable bonds is 13. The number of carbonyl (C=O) groups excluding carboxylic acids is 1. The van der Waals surface area contributed by atoms with E-state index >= 15 is 0 Å². The number of benzene rings is 1. The molecule has 1 saturated heterocycles. The predicted molar refractivity (Wildman–Crippen MR) is 110 cm³/mol. The lowest BCUT2D eigenvalue weighted by molar-refractivity contribution is -0.143. The minimum Gasteiger partial charge on any atom is -0.494 e. The highest BCUT2D eigenvalue weighted by molar-refractivity contribution is 6.76. The molecule has 0 saturated carbocycles. The zero-order valence-electron chi connectivity index (χ0n) is 17.4. The molecule has 1 aromatic rings. The van der Waals surface area contributed by atoms with Gasteiger partial charge in [-0.25, -0.2) is 0 Å². The zero-order chi connectivity index (χ0) is 20.2. The monoisotopic (exact) mass is 410 g/mol. The van der Waals surface area contributed by atoms with Gasteiger partial charge in [-0.3, -0.25) is 4.79 Å².